The van der Waals surface area contributed by atoms with Crippen LogP contribution in [-0.2, 0) is 4.79 Å². The topological polar surface area (TPSA) is 40.5 Å². The van der Waals surface area contributed by atoms with Crippen LogP contribution in [0.25, 0.3) is 0 Å². The van der Waals surface area contributed by atoms with Crippen LogP contribution in [0, 0.1) is 11.8 Å². The average molecular weight is 281 g/mol. The number of hydrogen-bond donors (Lipinski definition) is 1. The van der Waals surface area contributed by atoms with Crippen LogP contribution in [0.15, 0.2) is 0 Å². The van der Waals surface area contributed by atoms with Crippen LogP contribution in [0.2, 0.25) is 0 Å². The molecule has 1 saturated carbocycles. The van der Waals surface area contributed by atoms with Gasteiger partial charge in [0.05, 0.1) is 11.8 Å². The van der Waals surface area contributed by atoms with Crippen LogP contribution in [0.3, 0.4) is 0 Å². The highest BCUT2D eigenvalue weighted by molar-refractivity contribution is 5.69. The zero-order valence-corrected chi connectivity index (χ0v) is 11.4. The quantitative estimate of drug-likeness (QED) is 0.841. The Balaban J connectivity index is 2.63. The van der Waals surface area contributed by atoms with Gasteiger partial charge in [-0.3, -0.25) is 9.69 Å². The molecule has 0 saturated heterocycles. The van der Waals surface area contributed by atoms with E-state index in [1.165, 1.54) is 0 Å². The smallest absolute Gasteiger partial charge is 0.391 e. The Morgan fingerprint density at radius 1 is 1.42 bits per heavy atom. The van der Waals surface area contributed by atoms with Crippen LogP contribution in [0.5, 0.6) is 0 Å². The summed E-state index contributed by atoms with van der Waals surface area (Å²) >= 11 is 0. The van der Waals surface area contributed by atoms with Crippen LogP contribution < -0.4 is 0 Å². The zero-order chi connectivity index (χ0) is 14.6. The Labute approximate surface area is 111 Å². The molecule has 6 heteroatoms. The average Bonchev–Trinajstić information content (AvgIpc) is 2.34. The van der Waals surface area contributed by atoms with Crippen LogP contribution >= 0.6 is 0 Å². The summed E-state index contributed by atoms with van der Waals surface area (Å²) in [6.07, 6.45) is -2.54. The molecule has 112 valence electrons. The molecule has 1 fully saturated rings. The van der Waals surface area contributed by atoms with Crippen molar-refractivity contribution in [1.29, 1.82) is 0 Å². The molecule has 0 heterocycles. The molecule has 1 rings (SSSR count). The second-order valence-corrected chi connectivity index (χ2v) is 5.39. The highest BCUT2D eigenvalue weighted by Crippen LogP contribution is 2.39. The van der Waals surface area contributed by atoms with Crippen molar-refractivity contribution in [2.75, 3.05) is 13.1 Å². The van der Waals surface area contributed by atoms with E-state index >= 15 is 0 Å². The van der Waals surface area contributed by atoms with Gasteiger partial charge in [-0.05, 0) is 25.8 Å². The Hall–Kier alpha value is -0.780. The minimum atomic E-state index is -4.13. The van der Waals surface area contributed by atoms with Crippen molar-refractivity contribution in [3.05, 3.63) is 0 Å². The summed E-state index contributed by atoms with van der Waals surface area (Å²) in [5.74, 6) is -2.69. The van der Waals surface area contributed by atoms with Gasteiger partial charge in [0.1, 0.15) is 0 Å². The predicted octanol–water partition coefficient (Wildman–Crippen LogP) is 3.15. The predicted molar refractivity (Wildman–Crippen MR) is 65.8 cm³/mol. The van der Waals surface area contributed by atoms with Crippen molar-refractivity contribution in [3.8, 4) is 0 Å². The molecule has 0 radical (unpaired) electrons. The first-order valence-corrected chi connectivity index (χ1v) is 6.79. The number of carbonyl (C=O) groups is 1. The fourth-order valence-electron chi connectivity index (χ4n) is 2.76. The van der Waals surface area contributed by atoms with Crippen molar-refractivity contribution >= 4 is 5.97 Å². The number of nitrogens with zero attached hydrogens (tertiary/aromatic N) is 1. The van der Waals surface area contributed by atoms with Crippen molar-refractivity contribution in [1.82, 2.24) is 4.90 Å². The van der Waals surface area contributed by atoms with E-state index in [1.807, 2.05) is 11.8 Å². The molecule has 0 aromatic rings. The molecule has 0 bridgehead atoms. The minimum absolute atomic E-state index is 0.101. The number of carboxylic acid groups (broad SMARTS) is 1. The first-order chi connectivity index (χ1) is 8.75. The van der Waals surface area contributed by atoms with Gasteiger partial charge in [-0.1, -0.05) is 20.3 Å². The maximum atomic E-state index is 12.8. The van der Waals surface area contributed by atoms with Crippen LogP contribution in [-0.4, -0.2) is 41.3 Å². The molecule has 3 nitrogen and oxygen atoms in total. The van der Waals surface area contributed by atoms with E-state index in [4.69, 9.17) is 5.11 Å². The van der Waals surface area contributed by atoms with E-state index in [-0.39, 0.29) is 18.9 Å². The number of rotatable bonds is 5. The Morgan fingerprint density at radius 3 is 2.53 bits per heavy atom. The van der Waals surface area contributed by atoms with Crippen LogP contribution in [0.1, 0.15) is 39.5 Å². The fourth-order valence-corrected chi connectivity index (χ4v) is 2.76. The SMILES string of the molecule is CCN(CC(C)C(=O)O)C1CCCC(C(F)(F)F)C1. The molecule has 0 aliphatic heterocycles. The summed E-state index contributed by atoms with van der Waals surface area (Å²) in [4.78, 5) is 12.7. The maximum absolute atomic E-state index is 12.8. The number of aliphatic carboxylic acids is 1. The molecule has 0 amide bonds. The molecule has 1 N–H and O–H groups in total. The van der Waals surface area contributed by atoms with E-state index in [9.17, 15) is 18.0 Å². The lowest BCUT2D eigenvalue weighted by Crippen LogP contribution is -2.44. The largest absolute Gasteiger partial charge is 0.481 e. The van der Waals surface area contributed by atoms with Gasteiger partial charge in [-0.2, -0.15) is 13.2 Å². The molecule has 3 unspecified atom stereocenters. The van der Waals surface area contributed by atoms with Gasteiger partial charge in [0.25, 0.3) is 0 Å². The van der Waals surface area contributed by atoms with Crippen molar-refractivity contribution in [2.45, 2.75) is 51.7 Å². The van der Waals surface area contributed by atoms with Crippen molar-refractivity contribution in [3.63, 3.8) is 0 Å². The number of carboxylic acids is 1. The van der Waals surface area contributed by atoms with Crippen LogP contribution in [0.4, 0.5) is 13.2 Å². The third-order valence-electron chi connectivity index (χ3n) is 3.96. The van der Waals surface area contributed by atoms with E-state index in [0.717, 1.165) is 6.42 Å². The van der Waals surface area contributed by atoms with Gasteiger partial charge in [-0.25, -0.2) is 0 Å². The van der Waals surface area contributed by atoms with Gasteiger partial charge < -0.3 is 5.11 Å². The van der Waals surface area contributed by atoms with Gasteiger partial charge in [0.15, 0.2) is 0 Å². The Bertz CT molecular complexity index is 307. The number of halogens is 3. The molecule has 1 aliphatic carbocycles. The Morgan fingerprint density at radius 2 is 2.05 bits per heavy atom. The highest BCUT2D eigenvalue weighted by Gasteiger charge is 2.43. The standard InChI is InChI=1S/C13H22F3NO2/c1-3-17(8-9(2)12(18)19)11-6-4-5-10(7-11)13(14,15)16/h9-11H,3-8H2,1-2H3,(H,18,19). The lowest BCUT2D eigenvalue weighted by atomic mass is 9.84. The van der Waals surface area contributed by atoms with Crippen molar-refractivity contribution < 1.29 is 23.1 Å². The lowest BCUT2D eigenvalue weighted by molar-refractivity contribution is -0.187. The summed E-state index contributed by atoms with van der Waals surface area (Å²) in [6, 6.07) is -0.146. The molecule has 19 heavy (non-hydrogen) atoms. The summed E-state index contributed by atoms with van der Waals surface area (Å²) < 4.78 is 38.3. The third-order valence-corrected chi connectivity index (χ3v) is 3.96. The molecule has 1 aliphatic rings. The zero-order valence-electron chi connectivity index (χ0n) is 11.4. The first kappa shape index (κ1) is 16.3. The molecule has 0 spiro atoms. The Kier molecular flexibility index (Phi) is 5.64. The molecule has 0 aromatic carbocycles. The monoisotopic (exact) mass is 281 g/mol. The number of hydrogen-bond acceptors (Lipinski definition) is 2. The number of alkyl halides is 3. The minimum Gasteiger partial charge on any atom is -0.481 e. The van der Waals surface area contributed by atoms with Gasteiger partial charge in [0.2, 0.25) is 0 Å². The lowest BCUT2D eigenvalue weighted by Gasteiger charge is -2.38. The highest BCUT2D eigenvalue weighted by atomic mass is 19.4. The van der Waals surface area contributed by atoms with Crippen molar-refractivity contribution in [2.24, 2.45) is 11.8 Å². The van der Waals surface area contributed by atoms with E-state index in [2.05, 4.69) is 0 Å². The summed E-state index contributed by atoms with van der Waals surface area (Å²) in [6.45, 7) is 4.37. The summed E-state index contributed by atoms with van der Waals surface area (Å²) in [7, 11) is 0. The normalized spacial score (nSPS) is 26.4. The van der Waals surface area contributed by atoms with Gasteiger partial charge in [0, 0.05) is 12.6 Å². The van der Waals surface area contributed by atoms with Gasteiger partial charge >= 0.3 is 12.1 Å². The second-order valence-electron chi connectivity index (χ2n) is 5.39. The van der Waals surface area contributed by atoms with E-state index in [0.29, 0.717) is 19.5 Å². The summed E-state index contributed by atoms with van der Waals surface area (Å²) in [5.41, 5.74) is 0. The van der Waals surface area contributed by atoms with E-state index < -0.39 is 24.0 Å². The fraction of sp³-hybridized carbons (Fsp3) is 0.923. The second kappa shape index (κ2) is 6.59. The van der Waals surface area contributed by atoms with Gasteiger partial charge in [-0.15, -0.1) is 0 Å². The maximum Gasteiger partial charge on any atom is 0.391 e. The molecular weight excluding hydrogens is 259 g/mol. The van der Waals surface area contributed by atoms with E-state index in [1.54, 1.807) is 6.92 Å². The first-order valence-electron chi connectivity index (χ1n) is 6.79. The molecule has 3 atom stereocenters. The molecular formula is C13H22F3NO2. The third kappa shape index (κ3) is 4.67. The molecule has 0 aromatic heterocycles. The summed E-state index contributed by atoms with van der Waals surface area (Å²) in [5, 5.41) is 8.90.